The summed E-state index contributed by atoms with van der Waals surface area (Å²) in [5, 5.41) is 0. The van der Waals surface area contributed by atoms with Crippen molar-refractivity contribution in [3.8, 4) is 39.6 Å². The van der Waals surface area contributed by atoms with Gasteiger partial charge >= 0.3 is 77.6 Å². The molecule has 4 heterocycles. The molecule has 20 heteroatoms. The molecular weight excluding hydrogens is 688 g/mol. The molecule has 0 bridgehead atoms. The molecule has 0 saturated carbocycles. The van der Waals surface area contributed by atoms with Gasteiger partial charge in [-0.15, -0.1) is 0 Å². The Morgan fingerprint density at radius 2 is 0.804 bits per heavy atom. The monoisotopic (exact) mass is 709 g/mol. The second-order valence-electron chi connectivity index (χ2n) is 9.10. The van der Waals surface area contributed by atoms with Crippen molar-refractivity contribution < 1.29 is 64.2 Å². The van der Waals surface area contributed by atoms with Crippen LogP contribution in [0, 0.1) is 0 Å². The third-order valence-corrected chi connectivity index (χ3v) is 5.23. The van der Waals surface area contributed by atoms with Crippen molar-refractivity contribution in [1.82, 2.24) is 15.0 Å². The average molecular weight is 709 g/mol. The molecule has 46 heavy (non-hydrogen) atoms. The van der Waals surface area contributed by atoms with Gasteiger partial charge in [0.1, 0.15) is 18.1 Å². The zero-order chi connectivity index (χ0) is 34.6. The Labute approximate surface area is 252 Å². The van der Waals surface area contributed by atoms with Crippen molar-refractivity contribution in [2.45, 2.75) is 0 Å². The molecule has 0 unspecified atom stereocenters. The molecule has 250 valence electrons. The number of pyridine rings is 3. The first kappa shape index (κ1) is 36.0. The van der Waals surface area contributed by atoms with E-state index in [1.807, 2.05) is 70.3 Å². The molecular formula is C26H21F12N5OP2. The number of methoxy groups -OCH3 is 1. The third-order valence-electron chi connectivity index (χ3n) is 5.23. The van der Waals surface area contributed by atoms with Crippen LogP contribution in [0.3, 0.4) is 0 Å². The molecule has 0 aliphatic carbocycles. The van der Waals surface area contributed by atoms with Gasteiger partial charge in [-0.2, -0.15) is 0 Å². The predicted octanol–water partition coefficient (Wildman–Crippen LogP) is 10.5. The van der Waals surface area contributed by atoms with E-state index in [1.165, 1.54) is 0 Å². The van der Waals surface area contributed by atoms with Crippen molar-refractivity contribution >= 4 is 15.6 Å². The fourth-order valence-electron chi connectivity index (χ4n) is 3.47. The summed E-state index contributed by atoms with van der Waals surface area (Å²) in [4.78, 5) is 13.2. The van der Waals surface area contributed by atoms with Crippen LogP contribution < -0.4 is 13.9 Å². The van der Waals surface area contributed by atoms with E-state index in [2.05, 4.69) is 34.2 Å². The molecule has 5 rings (SSSR count). The van der Waals surface area contributed by atoms with Gasteiger partial charge in [0.2, 0.25) is 0 Å². The normalized spacial score (nSPS) is 14.5. The first-order chi connectivity index (χ1) is 20.7. The molecule has 0 amide bonds. The van der Waals surface area contributed by atoms with Gasteiger partial charge in [0.15, 0.2) is 0 Å². The molecule has 0 N–H and O–H groups in total. The molecule has 0 saturated heterocycles. The van der Waals surface area contributed by atoms with Crippen LogP contribution in [0.5, 0.6) is 5.75 Å². The van der Waals surface area contributed by atoms with E-state index in [-0.39, 0.29) is 0 Å². The van der Waals surface area contributed by atoms with Crippen LogP contribution in [0.25, 0.3) is 33.9 Å². The number of aromatic nitrogens is 5. The number of halogens is 12. The van der Waals surface area contributed by atoms with Crippen LogP contribution in [0.1, 0.15) is 0 Å². The Balaban J connectivity index is 0.000000345. The average Bonchev–Trinajstić information content (AvgIpc) is 2.95. The van der Waals surface area contributed by atoms with Gasteiger partial charge in [0.05, 0.1) is 31.9 Å². The Hall–Kier alpha value is -4.43. The Morgan fingerprint density at radius 1 is 0.478 bits per heavy atom. The van der Waals surface area contributed by atoms with Gasteiger partial charge in [-0.05, 0) is 70.8 Å². The van der Waals surface area contributed by atoms with Crippen LogP contribution in [-0.4, -0.2) is 22.1 Å². The second kappa shape index (κ2) is 11.4. The summed E-state index contributed by atoms with van der Waals surface area (Å²) < 4.78 is 128. The first-order valence-corrected chi connectivity index (χ1v) is 16.3. The second-order valence-corrected chi connectivity index (χ2v) is 12.9. The van der Waals surface area contributed by atoms with Gasteiger partial charge < -0.3 is 4.74 Å². The molecule has 1 aromatic carbocycles. The molecule has 4 aromatic heterocycles. The van der Waals surface area contributed by atoms with Crippen molar-refractivity contribution in [2.75, 3.05) is 7.11 Å². The third kappa shape index (κ3) is 15.5. The van der Waals surface area contributed by atoms with Crippen LogP contribution in [0.2, 0.25) is 0 Å². The predicted molar refractivity (Wildman–Crippen MR) is 147 cm³/mol. The minimum absolute atomic E-state index is 0.745. The van der Waals surface area contributed by atoms with Crippen LogP contribution in [0.15, 0.2) is 110 Å². The summed E-state index contributed by atoms with van der Waals surface area (Å²) in [5.74, 6) is 2.34. The van der Waals surface area contributed by atoms with Crippen LogP contribution in [-0.2, 0) is 0 Å². The van der Waals surface area contributed by atoms with E-state index in [9.17, 15) is 50.4 Å². The molecule has 0 spiro atoms. The van der Waals surface area contributed by atoms with E-state index in [0.717, 1.165) is 39.6 Å². The Morgan fingerprint density at radius 3 is 1.15 bits per heavy atom. The topological polar surface area (TPSA) is 55.7 Å². The van der Waals surface area contributed by atoms with Gasteiger partial charge in [-0.25, -0.2) is 14.1 Å². The quantitative estimate of drug-likeness (QED) is 0.104. The first-order valence-electron chi connectivity index (χ1n) is 12.2. The maximum absolute atomic E-state index is 10.7. The van der Waals surface area contributed by atoms with Gasteiger partial charge in [0, 0.05) is 17.4 Å². The van der Waals surface area contributed by atoms with Crippen molar-refractivity contribution in [3.63, 3.8) is 0 Å². The zero-order valence-electron chi connectivity index (χ0n) is 23.0. The number of benzene rings is 1. The van der Waals surface area contributed by atoms with Crippen molar-refractivity contribution in [3.05, 3.63) is 110 Å². The molecule has 0 radical (unpaired) electrons. The number of nitrogens with zero attached hydrogens (tertiary/aromatic N) is 5. The van der Waals surface area contributed by atoms with Crippen LogP contribution in [0.4, 0.5) is 50.4 Å². The standard InChI is InChI=1S/C26H21N5O.2F6P/c1-32-24-4-2-20(3-5-24)22-8-14-30(15-9-22)25-18-28-19-26(29-25)31-16-10-23(11-17-31)21-6-12-27-13-7-21;2*1-7(2,3,4,5)6/h2-19H,1H3;;/q+2;2*-1. The fourth-order valence-corrected chi connectivity index (χ4v) is 3.47. The Kier molecular flexibility index (Phi) is 8.95. The van der Waals surface area contributed by atoms with E-state index in [4.69, 9.17) is 9.72 Å². The van der Waals surface area contributed by atoms with E-state index in [0.29, 0.717) is 0 Å². The number of hydrogen-bond donors (Lipinski definition) is 0. The maximum atomic E-state index is 9.87. The summed E-state index contributed by atoms with van der Waals surface area (Å²) >= 11 is 0. The molecule has 0 atom stereocenters. The summed E-state index contributed by atoms with van der Waals surface area (Å²) in [7, 11) is -19.6. The van der Waals surface area contributed by atoms with Gasteiger partial charge in [-0.1, -0.05) is 12.1 Å². The summed E-state index contributed by atoms with van der Waals surface area (Å²) in [6.45, 7) is 0. The number of hydrogen-bond acceptors (Lipinski definition) is 4. The van der Waals surface area contributed by atoms with Gasteiger partial charge in [0.25, 0.3) is 0 Å². The number of rotatable bonds is 5. The zero-order valence-corrected chi connectivity index (χ0v) is 24.8. The molecule has 0 fully saturated rings. The fraction of sp³-hybridized carbons (Fsp3) is 0.0385. The summed E-state index contributed by atoms with van der Waals surface area (Å²) in [5.41, 5.74) is 4.49. The number of ether oxygens (including phenoxy) is 1. The van der Waals surface area contributed by atoms with Crippen LogP contribution >= 0.6 is 15.6 Å². The van der Waals surface area contributed by atoms with E-state index >= 15 is 0 Å². The van der Waals surface area contributed by atoms with Crippen molar-refractivity contribution in [2.24, 2.45) is 0 Å². The SMILES string of the molecule is COc1ccc(-c2cc[n+](-c3cncc(-[n+]4ccc(-c5ccncc5)cc4)n3)cc2)cc1.F[P-](F)(F)(F)(F)F.F[P-](F)(F)(F)(F)F. The summed E-state index contributed by atoms with van der Waals surface area (Å²) in [6.07, 6.45) is 15.0. The Bertz CT molecular complexity index is 1720. The molecule has 6 nitrogen and oxygen atoms in total. The van der Waals surface area contributed by atoms with E-state index in [1.54, 1.807) is 31.9 Å². The van der Waals surface area contributed by atoms with Crippen molar-refractivity contribution in [1.29, 1.82) is 0 Å². The molecule has 0 aliphatic heterocycles. The molecule has 5 aromatic rings. The van der Waals surface area contributed by atoms with E-state index < -0.39 is 15.6 Å². The minimum atomic E-state index is -10.7. The molecule has 0 aliphatic rings. The summed E-state index contributed by atoms with van der Waals surface area (Å²) in [6, 6.07) is 20.2. The van der Waals surface area contributed by atoms with Gasteiger partial charge in [-0.3, -0.25) is 4.98 Å².